The summed E-state index contributed by atoms with van der Waals surface area (Å²) in [5.41, 5.74) is 0.404. The van der Waals surface area contributed by atoms with Crippen LogP contribution in [0.4, 0.5) is 0 Å². The maximum atomic E-state index is 11.9. The Morgan fingerprint density at radius 2 is 1.96 bits per heavy atom. The van der Waals surface area contributed by atoms with E-state index < -0.39 is 16.0 Å². The fraction of sp³-hybridized carbons (Fsp3) is 0.400. The molecule has 1 aliphatic heterocycles. The van der Waals surface area contributed by atoms with Crippen molar-refractivity contribution in [3.63, 3.8) is 0 Å². The van der Waals surface area contributed by atoms with Gasteiger partial charge in [-0.05, 0) is 26.0 Å². The monoisotopic (exact) mass is 353 g/mol. The number of amidine groups is 1. The lowest BCUT2D eigenvalue weighted by atomic mass is 10.2. The zero-order chi connectivity index (χ0) is 17.9. The van der Waals surface area contributed by atoms with Gasteiger partial charge in [-0.25, -0.2) is 8.42 Å². The van der Waals surface area contributed by atoms with E-state index >= 15 is 0 Å². The van der Waals surface area contributed by atoms with Gasteiger partial charge in [0.2, 0.25) is 0 Å². The van der Waals surface area contributed by atoms with Gasteiger partial charge >= 0.3 is 5.97 Å². The number of hydrogen-bond donors (Lipinski definition) is 1. The van der Waals surface area contributed by atoms with Gasteiger partial charge in [-0.15, -0.1) is 0 Å². The van der Waals surface area contributed by atoms with Gasteiger partial charge in [0.25, 0.3) is 15.9 Å². The number of fused-ring (bicyclic) bond motifs is 1. The molecular weight excluding hydrogens is 334 g/mol. The summed E-state index contributed by atoms with van der Waals surface area (Å²) in [4.78, 5) is 28.9. The molecule has 0 fully saturated rings. The summed E-state index contributed by atoms with van der Waals surface area (Å²) in [5, 5.41) is 0. The molecule has 1 aromatic carbocycles. The number of ether oxygens (including phenoxy) is 1. The molecule has 1 amide bonds. The maximum Gasteiger partial charge on any atom is 0.328 e. The van der Waals surface area contributed by atoms with Crippen molar-refractivity contribution in [2.45, 2.75) is 24.8 Å². The Labute approximate surface area is 140 Å². The predicted molar refractivity (Wildman–Crippen MR) is 87.0 cm³/mol. The van der Waals surface area contributed by atoms with E-state index in [2.05, 4.69) is 9.71 Å². The number of carbonyl (C=O) groups is 2. The highest BCUT2D eigenvalue weighted by Gasteiger charge is 2.30. The standard InChI is InChI=1S/C15H19N3O5S/c1-10(2)18(3)13(19)9-23-14(20)8-16-15-11-6-4-5-7-12(11)24(21,22)17-15/h4-7,10H,8-9H2,1-3H3,(H,16,17). The Morgan fingerprint density at radius 3 is 2.62 bits per heavy atom. The fourth-order valence-corrected chi connectivity index (χ4v) is 3.22. The highest BCUT2D eigenvalue weighted by Crippen LogP contribution is 2.21. The number of rotatable bonds is 5. The number of aliphatic imine (C=N–C) groups is 1. The Hall–Kier alpha value is -2.42. The quantitative estimate of drug-likeness (QED) is 0.758. The summed E-state index contributed by atoms with van der Waals surface area (Å²) in [6.07, 6.45) is 0. The number of nitrogens with one attached hydrogen (secondary N) is 1. The number of carbonyl (C=O) groups excluding carboxylic acids is 2. The number of amides is 1. The molecule has 1 N–H and O–H groups in total. The molecule has 0 atom stereocenters. The molecule has 130 valence electrons. The lowest BCUT2D eigenvalue weighted by Crippen LogP contribution is -2.36. The van der Waals surface area contributed by atoms with E-state index in [1.54, 1.807) is 25.2 Å². The van der Waals surface area contributed by atoms with Crippen LogP contribution in [0.1, 0.15) is 19.4 Å². The lowest BCUT2D eigenvalue weighted by molar-refractivity contribution is -0.150. The predicted octanol–water partition coefficient (Wildman–Crippen LogP) is 0.135. The van der Waals surface area contributed by atoms with Crippen molar-refractivity contribution in [1.29, 1.82) is 0 Å². The molecule has 2 rings (SSSR count). The molecule has 8 nitrogen and oxygen atoms in total. The number of esters is 1. The average Bonchev–Trinajstić information content (AvgIpc) is 2.81. The van der Waals surface area contributed by atoms with Crippen LogP contribution in [0.3, 0.4) is 0 Å². The minimum Gasteiger partial charge on any atom is -0.454 e. The second kappa shape index (κ2) is 7.00. The van der Waals surface area contributed by atoms with Crippen molar-refractivity contribution in [3.8, 4) is 0 Å². The van der Waals surface area contributed by atoms with Gasteiger partial charge in [0.1, 0.15) is 12.4 Å². The third-order valence-electron chi connectivity index (χ3n) is 3.55. The van der Waals surface area contributed by atoms with E-state index in [1.165, 1.54) is 11.0 Å². The van der Waals surface area contributed by atoms with Crippen molar-refractivity contribution < 1.29 is 22.7 Å². The molecular formula is C15H19N3O5S. The first-order chi connectivity index (χ1) is 11.2. The van der Waals surface area contributed by atoms with Crippen LogP contribution < -0.4 is 4.72 Å². The first kappa shape index (κ1) is 17.9. The van der Waals surface area contributed by atoms with Crippen LogP contribution in [0.5, 0.6) is 0 Å². The van der Waals surface area contributed by atoms with Crippen molar-refractivity contribution in [2.24, 2.45) is 4.99 Å². The van der Waals surface area contributed by atoms with E-state index in [9.17, 15) is 18.0 Å². The summed E-state index contributed by atoms with van der Waals surface area (Å²) in [6.45, 7) is 2.93. The van der Waals surface area contributed by atoms with E-state index in [4.69, 9.17) is 4.74 Å². The Morgan fingerprint density at radius 1 is 1.29 bits per heavy atom. The normalized spacial score (nSPS) is 16.6. The van der Waals surface area contributed by atoms with Crippen LogP contribution in [-0.2, 0) is 24.3 Å². The first-order valence-corrected chi connectivity index (χ1v) is 8.78. The van der Waals surface area contributed by atoms with Crippen LogP contribution in [0.25, 0.3) is 0 Å². The molecule has 0 saturated heterocycles. The average molecular weight is 353 g/mol. The van der Waals surface area contributed by atoms with Crippen molar-refractivity contribution in [3.05, 3.63) is 29.8 Å². The second-order valence-electron chi connectivity index (χ2n) is 5.53. The van der Waals surface area contributed by atoms with Gasteiger partial charge in [-0.3, -0.25) is 19.3 Å². The highest BCUT2D eigenvalue weighted by atomic mass is 32.2. The molecule has 0 aromatic heterocycles. The summed E-state index contributed by atoms with van der Waals surface area (Å²) >= 11 is 0. The molecule has 9 heteroatoms. The first-order valence-electron chi connectivity index (χ1n) is 7.30. The minimum absolute atomic E-state index is 0.000780. The summed E-state index contributed by atoms with van der Waals surface area (Å²) in [7, 11) is -2.03. The Balaban J connectivity index is 1.97. The zero-order valence-electron chi connectivity index (χ0n) is 13.6. The minimum atomic E-state index is -3.64. The molecule has 0 unspecified atom stereocenters. The lowest BCUT2D eigenvalue weighted by Gasteiger charge is -2.20. The summed E-state index contributed by atoms with van der Waals surface area (Å²) < 4.78 is 31.0. The second-order valence-corrected chi connectivity index (χ2v) is 7.18. The van der Waals surface area contributed by atoms with E-state index in [0.29, 0.717) is 5.56 Å². The molecule has 0 spiro atoms. The smallest absolute Gasteiger partial charge is 0.328 e. The van der Waals surface area contributed by atoms with Crippen LogP contribution in [0, 0.1) is 0 Å². The summed E-state index contributed by atoms with van der Waals surface area (Å²) in [6, 6.07) is 6.33. The maximum absolute atomic E-state index is 11.9. The zero-order valence-corrected chi connectivity index (χ0v) is 14.5. The van der Waals surface area contributed by atoms with Crippen molar-refractivity contribution in [2.75, 3.05) is 20.2 Å². The number of nitrogens with zero attached hydrogens (tertiary/aromatic N) is 2. The van der Waals surface area contributed by atoms with Gasteiger partial charge in [0.05, 0.1) is 4.90 Å². The topological polar surface area (TPSA) is 105 Å². The molecule has 0 saturated carbocycles. The SMILES string of the molecule is CC(C)N(C)C(=O)COC(=O)CN=C1NS(=O)(=O)c2ccccc21. The number of sulfonamides is 1. The van der Waals surface area contributed by atoms with Crippen LogP contribution in [-0.4, -0.2) is 57.3 Å². The molecule has 24 heavy (non-hydrogen) atoms. The van der Waals surface area contributed by atoms with Gasteiger partial charge in [-0.1, -0.05) is 12.1 Å². The Bertz CT molecular complexity index is 786. The van der Waals surface area contributed by atoms with Crippen LogP contribution >= 0.6 is 0 Å². The van der Waals surface area contributed by atoms with Crippen LogP contribution in [0.15, 0.2) is 34.2 Å². The van der Waals surface area contributed by atoms with Crippen molar-refractivity contribution in [1.82, 2.24) is 9.62 Å². The van der Waals surface area contributed by atoms with Gasteiger partial charge in [0, 0.05) is 18.7 Å². The Kier molecular flexibility index (Phi) is 5.23. The fourth-order valence-electron chi connectivity index (χ4n) is 1.97. The molecule has 0 radical (unpaired) electrons. The number of likely N-dealkylation sites (N-methyl/N-ethyl adjacent to an activating group) is 1. The molecule has 1 heterocycles. The third kappa shape index (κ3) is 3.91. The van der Waals surface area contributed by atoms with E-state index in [0.717, 1.165) is 0 Å². The molecule has 0 aliphatic carbocycles. The molecule has 1 aromatic rings. The number of hydrogen-bond acceptors (Lipinski definition) is 6. The highest BCUT2D eigenvalue weighted by molar-refractivity contribution is 7.90. The molecule has 0 bridgehead atoms. The molecule has 1 aliphatic rings. The summed E-state index contributed by atoms with van der Waals surface area (Å²) in [5.74, 6) is -0.942. The van der Waals surface area contributed by atoms with Gasteiger partial charge < -0.3 is 9.64 Å². The largest absolute Gasteiger partial charge is 0.454 e. The van der Waals surface area contributed by atoms with Gasteiger partial charge in [-0.2, -0.15) is 0 Å². The van der Waals surface area contributed by atoms with E-state index in [-0.39, 0.29) is 35.8 Å². The van der Waals surface area contributed by atoms with Crippen molar-refractivity contribution >= 4 is 27.7 Å². The van der Waals surface area contributed by atoms with E-state index in [1.807, 2.05) is 13.8 Å². The number of benzene rings is 1. The van der Waals surface area contributed by atoms with Gasteiger partial charge in [0.15, 0.2) is 6.61 Å². The third-order valence-corrected chi connectivity index (χ3v) is 4.95. The van der Waals surface area contributed by atoms with Crippen LogP contribution in [0.2, 0.25) is 0 Å².